The lowest BCUT2D eigenvalue weighted by Crippen LogP contribution is -2.12. The van der Waals surface area contributed by atoms with Gasteiger partial charge in [-0.15, -0.1) is 0 Å². The summed E-state index contributed by atoms with van der Waals surface area (Å²) in [5, 5.41) is 8.99. The van der Waals surface area contributed by atoms with Gasteiger partial charge in [-0.3, -0.25) is 0 Å². The third kappa shape index (κ3) is 4.60. The zero-order chi connectivity index (χ0) is 17.7. The lowest BCUT2D eigenvalue weighted by Gasteiger charge is -2.21. The minimum Gasteiger partial charge on any atom is -0.449 e. The van der Waals surface area contributed by atoms with Gasteiger partial charge in [-0.25, -0.2) is 4.79 Å². The van der Waals surface area contributed by atoms with Crippen LogP contribution in [-0.4, -0.2) is 11.3 Å². The van der Waals surface area contributed by atoms with E-state index in [0.29, 0.717) is 5.75 Å². The Morgan fingerprint density at radius 3 is 2.29 bits per heavy atom. The second kappa shape index (κ2) is 7.52. The van der Waals surface area contributed by atoms with Crippen LogP contribution >= 0.6 is 0 Å². The molecule has 24 heavy (non-hydrogen) atoms. The van der Waals surface area contributed by atoms with Crippen molar-refractivity contribution in [3.63, 3.8) is 0 Å². The van der Waals surface area contributed by atoms with Crippen LogP contribution in [0.2, 0.25) is 0 Å². The van der Waals surface area contributed by atoms with Crippen molar-refractivity contribution in [2.45, 2.75) is 52.4 Å². The largest absolute Gasteiger partial charge is 0.511 e. The van der Waals surface area contributed by atoms with Gasteiger partial charge in [0.25, 0.3) is 0 Å². The highest BCUT2D eigenvalue weighted by molar-refractivity contribution is 5.75. The summed E-state index contributed by atoms with van der Waals surface area (Å²) in [6.07, 6.45) is 2.12. The van der Waals surface area contributed by atoms with Gasteiger partial charge in [-0.2, -0.15) is 0 Å². The van der Waals surface area contributed by atoms with Crippen LogP contribution in [0.4, 0.5) is 4.79 Å². The van der Waals surface area contributed by atoms with Crippen molar-refractivity contribution in [3.05, 3.63) is 53.6 Å². The molecular weight excluding hydrogens is 300 g/mol. The van der Waals surface area contributed by atoms with Crippen LogP contribution in [0.15, 0.2) is 42.5 Å². The van der Waals surface area contributed by atoms with Gasteiger partial charge in [0.15, 0.2) is 0 Å². The first kappa shape index (κ1) is 18.1. The van der Waals surface area contributed by atoms with Crippen molar-refractivity contribution in [3.8, 4) is 16.9 Å². The zero-order valence-corrected chi connectivity index (χ0v) is 14.9. The molecule has 2 aromatic rings. The summed E-state index contributed by atoms with van der Waals surface area (Å²) in [5.41, 5.74) is 4.21. The highest BCUT2D eigenvalue weighted by Gasteiger charge is 2.18. The first-order valence-corrected chi connectivity index (χ1v) is 8.46. The van der Waals surface area contributed by atoms with Gasteiger partial charge in [0.05, 0.1) is 0 Å². The predicted molar refractivity (Wildman–Crippen MR) is 97.8 cm³/mol. The molecule has 0 aromatic heterocycles. The molecule has 2 rings (SSSR count). The lowest BCUT2D eigenvalue weighted by molar-refractivity contribution is 0.144. The molecule has 128 valence electrons. The predicted octanol–water partition coefficient (Wildman–Crippen LogP) is 6.05. The van der Waals surface area contributed by atoms with Crippen molar-refractivity contribution in [2.24, 2.45) is 0 Å². The zero-order valence-electron chi connectivity index (χ0n) is 14.9. The van der Waals surface area contributed by atoms with E-state index in [9.17, 15) is 4.79 Å². The van der Waals surface area contributed by atoms with E-state index in [1.807, 2.05) is 24.3 Å². The van der Waals surface area contributed by atoms with Gasteiger partial charge in [0.2, 0.25) is 0 Å². The van der Waals surface area contributed by atoms with Crippen molar-refractivity contribution in [1.29, 1.82) is 0 Å². The molecule has 0 aliphatic carbocycles. The van der Waals surface area contributed by atoms with Gasteiger partial charge in [0.1, 0.15) is 5.75 Å². The lowest BCUT2D eigenvalue weighted by atomic mass is 9.85. The SMILES string of the molecule is CCCCc1ccc(-c2cc(C(C)(C)C)ccc2OC(=O)O)cc1. The number of unbranched alkanes of at least 4 members (excludes halogenated alkanes) is 1. The van der Waals surface area contributed by atoms with Crippen molar-refractivity contribution >= 4 is 6.16 Å². The number of carboxylic acid groups (broad SMARTS) is 1. The molecule has 0 spiro atoms. The van der Waals surface area contributed by atoms with E-state index in [1.54, 1.807) is 6.07 Å². The standard InChI is InChI=1S/C21H26O3/c1-5-6-7-15-8-10-16(11-9-15)18-14-17(21(2,3)4)12-13-19(18)24-20(22)23/h8-14H,5-7H2,1-4H3,(H,22,23). The van der Waals surface area contributed by atoms with Crippen LogP contribution in [-0.2, 0) is 11.8 Å². The van der Waals surface area contributed by atoms with Crippen LogP contribution in [0.3, 0.4) is 0 Å². The number of rotatable bonds is 5. The second-order valence-corrected chi connectivity index (χ2v) is 7.13. The van der Waals surface area contributed by atoms with Gasteiger partial charge < -0.3 is 9.84 Å². The Morgan fingerprint density at radius 1 is 1.08 bits per heavy atom. The molecule has 0 amide bonds. The average molecular weight is 326 g/mol. The fourth-order valence-corrected chi connectivity index (χ4v) is 2.64. The maximum atomic E-state index is 11.0. The van der Waals surface area contributed by atoms with E-state index in [4.69, 9.17) is 9.84 Å². The Morgan fingerprint density at radius 2 is 1.75 bits per heavy atom. The van der Waals surface area contributed by atoms with Gasteiger partial charge in [-0.05, 0) is 47.1 Å². The van der Waals surface area contributed by atoms with Gasteiger partial charge >= 0.3 is 6.16 Å². The summed E-state index contributed by atoms with van der Waals surface area (Å²) >= 11 is 0. The third-order valence-corrected chi connectivity index (χ3v) is 4.13. The monoisotopic (exact) mass is 326 g/mol. The van der Waals surface area contributed by atoms with E-state index in [-0.39, 0.29) is 5.41 Å². The quantitative estimate of drug-likeness (QED) is 0.537. The maximum Gasteiger partial charge on any atom is 0.511 e. The summed E-state index contributed by atoms with van der Waals surface area (Å²) in [4.78, 5) is 11.0. The van der Waals surface area contributed by atoms with Gasteiger partial charge in [0, 0.05) is 5.56 Å². The summed E-state index contributed by atoms with van der Waals surface area (Å²) < 4.78 is 4.98. The minimum absolute atomic E-state index is 0.0163. The number of ether oxygens (including phenoxy) is 1. The van der Waals surface area contributed by atoms with Crippen LogP contribution in [0.1, 0.15) is 51.7 Å². The molecule has 0 atom stereocenters. The smallest absolute Gasteiger partial charge is 0.449 e. The minimum atomic E-state index is -1.29. The summed E-state index contributed by atoms with van der Waals surface area (Å²) in [6.45, 7) is 8.59. The first-order chi connectivity index (χ1) is 11.3. The van der Waals surface area contributed by atoms with Crippen LogP contribution in [0, 0.1) is 0 Å². The number of hydrogen-bond acceptors (Lipinski definition) is 2. The van der Waals surface area contributed by atoms with Crippen LogP contribution in [0.5, 0.6) is 5.75 Å². The summed E-state index contributed by atoms with van der Waals surface area (Å²) in [5.74, 6) is 0.372. The number of benzene rings is 2. The molecule has 2 aromatic carbocycles. The van der Waals surface area contributed by atoms with E-state index in [0.717, 1.165) is 23.1 Å². The van der Waals surface area contributed by atoms with E-state index in [2.05, 4.69) is 39.8 Å². The van der Waals surface area contributed by atoms with E-state index >= 15 is 0 Å². The van der Waals surface area contributed by atoms with Gasteiger partial charge in [-0.1, -0.05) is 64.4 Å². The van der Waals surface area contributed by atoms with Crippen molar-refractivity contribution < 1.29 is 14.6 Å². The molecule has 0 aliphatic heterocycles. The van der Waals surface area contributed by atoms with E-state index < -0.39 is 6.16 Å². The fourth-order valence-electron chi connectivity index (χ4n) is 2.64. The Balaban J connectivity index is 2.43. The molecule has 0 bridgehead atoms. The third-order valence-electron chi connectivity index (χ3n) is 4.13. The Hall–Kier alpha value is -2.29. The molecule has 0 heterocycles. The molecule has 3 heteroatoms. The Labute approximate surface area is 144 Å². The fraction of sp³-hybridized carbons (Fsp3) is 0.381. The molecule has 0 radical (unpaired) electrons. The van der Waals surface area contributed by atoms with Crippen LogP contribution in [0.25, 0.3) is 11.1 Å². The molecule has 0 aliphatic rings. The average Bonchev–Trinajstić information content (AvgIpc) is 2.52. The van der Waals surface area contributed by atoms with Crippen molar-refractivity contribution in [1.82, 2.24) is 0 Å². The Bertz CT molecular complexity index is 694. The number of aryl methyl sites for hydroxylation is 1. The topological polar surface area (TPSA) is 46.5 Å². The molecule has 3 nitrogen and oxygen atoms in total. The molecule has 0 fully saturated rings. The molecule has 1 N–H and O–H groups in total. The molecular formula is C21H26O3. The normalized spacial score (nSPS) is 11.3. The first-order valence-electron chi connectivity index (χ1n) is 8.46. The summed E-state index contributed by atoms with van der Waals surface area (Å²) in [7, 11) is 0. The highest BCUT2D eigenvalue weighted by Crippen LogP contribution is 2.35. The number of carbonyl (C=O) groups is 1. The second-order valence-electron chi connectivity index (χ2n) is 7.13. The molecule has 0 unspecified atom stereocenters. The van der Waals surface area contributed by atoms with Crippen LogP contribution < -0.4 is 4.74 Å². The highest BCUT2D eigenvalue weighted by atomic mass is 16.7. The van der Waals surface area contributed by atoms with E-state index in [1.165, 1.54) is 18.4 Å². The Kier molecular flexibility index (Phi) is 5.66. The molecule has 0 saturated heterocycles. The summed E-state index contributed by atoms with van der Waals surface area (Å²) in [6, 6.07) is 14.0. The maximum absolute atomic E-state index is 11.0. The van der Waals surface area contributed by atoms with Crippen molar-refractivity contribution in [2.75, 3.05) is 0 Å². The molecule has 0 saturated carbocycles. The number of hydrogen-bond donors (Lipinski definition) is 1.